The molecule has 1 unspecified atom stereocenters. The zero-order valence-corrected chi connectivity index (χ0v) is 7.85. The van der Waals surface area contributed by atoms with Gasteiger partial charge in [0, 0.05) is 0 Å². The van der Waals surface area contributed by atoms with Gasteiger partial charge >= 0.3 is 32.2 Å². The van der Waals surface area contributed by atoms with Gasteiger partial charge in [0.25, 0.3) is 0 Å². The fraction of sp³-hybridized carbons (Fsp3) is 0. The SMILES string of the molecule is O=[Si]=O.P.[O]=[Ge]=[O]. The molecule has 0 spiro atoms. The number of hydrogen-bond donors (Lipinski definition) is 0. The van der Waals surface area contributed by atoms with Crippen molar-refractivity contribution in [3.05, 3.63) is 0 Å². The molecule has 0 saturated carbocycles. The van der Waals surface area contributed by atoms with Crippen LogP contribution in [0.5, 0.6) is 0 Å². The Kier molecular flexibility index (Phi) is 72.7. The molecule has 0 aliphatic rings. The molecule has 0 saturated heterocycles. The Morgan fingerprint density at radius 3 is 1.14 bits per heavy atom. The molecule has 7 heteroatoms. The zero-order chi connectivity index (χ0) is 5.41. The molecule has 40 valence electrons. The first kappa shape index (κ1) is 15.7. The number of rotatable bonds is 0. The van der Waals surface area contributed by atoms with E-state index in [-0.39, 0.29) is 9.90 Å². The van der Waals surface area contributed by atoms with Crippen LogP contribution in [0, 0.1) is 0 Å². The molecule has 0 radical (unpaired) electrons. The first-order chi connectivity index (χ1) is 2.83. The molecular formula is H3GeO4PSi. The average Bonchev–Trinajstić information content (AvgIpc) is 1.39. The van der Waals surface area contributed by atoms with E-state index in [1.807, 2.05) is 0 Å². The molecule has 4 nitrogen and oxygen atoms in total. The van der Waals surface area contributed by atoms with Crippen LogP contribution in [0.1, 0.15) is 0 Å². The molecule has 0 aliphatic heterocycles. The Labute approximate surface area is 51.5 Å². The third-order valence-corrected chi connectivity index (χ3v) is 0. The van der Waals surface area contributed by atoms with Gasteiger partial charge in [-0.3, -0.25) is 8.92 Å². The Hall–Kier alpha value is 0.390. The summed E-state index contributed by atoms with van der Waals surface area (Å²) in [6.45, 7) is 0. The molecule has 0 amide bonds. The molecule has 0 aromatic carbocycles. The van der Waals surface area contributed by atoms with Crippen LogP contribution in [0.15, 0.2) is 0 Å². The van der Waals surface area contributed by atoms with Gasteiger partial charge in [0.2, 0.25) is 0 Å². The van der Waals surface area contributed by atoms with E-state index in [1.165, 1.54) is 0 Å². The van der Waals surface area contributed by atoms with Gasteiger partial charge in [0.1, 0.15) is 0 Å². The zero-order valence-electron chi connectivity index (χ0n) is 3.34. The minimum absolute atomic E-state index is 0. The van der Waals surface area contributed by atoms with Gasteiger partial charge in [0.15, 0.2) is 0 Å². The van der Waals surface area contributed by atoms with E-state index in [9.17, 15) is 0 Å². The van der Waals surface area contributed by atoms with Crippen molar-refractivity contribution >= 4 is 34.5 Å². The molecule has 0 rings (SSSR count). The van der Waals surface area contributed by atoms with Crippen molar-refractivity contribution in [3.63, 3.8) is 0 Å². The molecule has 0 bridgehead atoms. The quantitative estimate of drug-likeness (QED) is 0.363. The summed E-state index contributed by atoms with van der Waals surface area (Å²) in [6, 6.07) is 0. The van der Waals surface area contributed by atoms with Crippen LogP contribution < -0.4 is 0 Å². The van der Waals surface area contributed by atoms with Gasteiger partial charge in [-0.15, -0.1) is 0 Å². The van der Waals surface area contributed by atoms with Crippen LogP contribution in [0.2, 0.25) is 0 Å². The average molecular weight is 199 g/mol. The van der Waals surface area contributed by atoms with Gasteiger partial charge in [-0.25, -0.2) is 0 Å². The summed E-state index contributed by atoms with van der Waals surface area (Å²) < 4.78 is 33.8. The second-order valence-electron chi connectivity index (χ2n) is 0.167. The minimum atomic E-state index is -2.00. The van der Waals surface area contributed by atoms with Crippen molar-refractivity contribution in [1.82, 2.24) is 0 Å². The van der Waals surface area contributed by atoms with E-state index in [4.69, 9.17) is 16.5 Å². The van der Waals surface area contributed by atoms with Gasteiger partial charge in [-0.2, -0.15) is 9.90 Å². The number of hydrogen-bond acceptors (Lipinski definition) is 4. The Morgan fingerprint density at radius 2 is 1.14 bits per heavy atom. The van der Waals surface area contributed by atoms with Crippen LogP contribution in [0.25, 0.3) is 0 Å². The van der Waals surface area contributed by atoms with Crippen LogP contribution >= 0.6 is 9.90 Å². The van der Waals surface area contributed by atoms with E-state index in [0.717, 1.165) is 0 Å². The molecular weight excluding hydrogens is 196 g/mol. The summed E-state index contributed by atoms with van der Waals surface area (Å²) in [5, 5.41) is 0. The van der Waals surface area contributed by atoms with E-state index in [0.29, 0.717) is 0 Å². The first-order valence-electron chi connectivity index (χ1n) is 0.816. The Morgan fingerprint density at radius 1 is 1.14 bits per heavy atom. The third-order valence-electron chi connectivity index (χ3n) is 0. The summed E-state index contributed by atoms with van der Waals surface area (Å²) in [5.41, 5.74) is 0. The summed E-state index contributed by atoms with van der Waals surface area (Å²) >= 11 is -2.00. The van der Waals surface area contributed by atoms with Gasteiger partial charge < -0.3 is 0 Å². The summed E-state index contributed by atoms with van der Waals surface area (Å²) in [7, 11) is -1.42. The van der Waals surface area contributed by atoms with Crippen molar-refractivity contribution in [2.24, 2.45) is 0 Å². The molecule has 7 heavy (non-hydrogen) atoms. The van der Waals surface area contributed by atoms with E-state index in [1.54, 1.807) is 0 Å². The molecule has 0 aromatic rings. The Bertz CT molecular complexity index is 65.7. The molecule has 1 atom stereocenters. The summed E-state index contributed by atoms with van der Waals surface area (Å²) in [5.74, 6) is 0. The van der Waals surface area contributed by atoms with Crippen LogP contribution in [-0.2, 0) is 16.5 Å². The second kappa shape index (κ2) is 32.5. The molecule has 0 N–H and O–H groups in total. The maximum atomic E-state index is 8.50. The standard InChI is InChI=1S/GeO2.O2Si.H3P/c2-1-3;1-3-2;/h;;1H3. The topological polar surface area (TPSA) is 68.3 Å². The molecule has 0 aromatic heterocycles. The fourth-order valence-electron chi connectivity index (χ4n) is 0. The van der Waals surface area contributed by atoms with Gasteiger partial charge in [-0.1, -0.05) is 0 Å². The fourth-order valence-corrected chi connectivity index (χ4v) is 0. The second-order valence-corrected chi connectivity index (χ2v) is 0.683. The van der Waals surface area contributed by atoms with Gasteiger partial charge in [0.05, 0.1) is 0 Å². The van der Waals surface area contributed by atoms with E-state index < -0.39 is 24.6 Å². The van der Waals surface area contributed by atoms with E-state index >= 15 is 0 Å². The van der Waals surface area contributed by atoms with Crippen LogP contribution in [0.3, 0.4) is 0 Å². The van der Waals surface area contributed by atoms with Crippen molar-refractivity contribution in [2.45, 2.75) is 0 Å². The van der Waals surface area contributed by atoms with Crippen molar-refractivity contribution in [1.29, 1.82) is 0 Å². The molecule has 0 heterocycles. The predicted molar refractivity (Wildman–Crippen MR) is 25.4 cm³/mol. The van der Waals surface area contributed by atoms with Crippen LogP contribution in [0.4, 0.5) is 0 Å². The molecule has 0 fully saturated rings. The summed E-state index contributed by atoms with van der Waals surface area (Å²) in [4.78, 5) is 0. The predicted octanol–water partition coefficient (Wildman–Crippen LogP) is -1.18. The van der Waals surface area contributed by atoms with Crippen molar-refractivity contribution in [3.8, 4) is 0 Å². The third kappa shape index (κ3) is 811. The Balaban J connectivity index is -0.0000000400. The maximum absolute atomic E-state index is 8.50. The van der Waals surface area contributed by atoms with E-state index in [2.05, 4.69) is 0 Å². The normalized spacial score (nSPS) is 2.29. The van der Waals surface area contributed by atoms with Crippen LogP contribution in [-0.4, -0.2) is 24.6 Å². The van der Waals surface area contributed by atoms with Crippen molar-refractivity contribution < 1.29 is 16.5 Å². The first-order valence-corrected chi connectivity index (χ1v) is 3.35. The van der Waals surface area contributed by atoms with Gasteiger partial charge in [-0.05, 0) is 0 Å². The van der Waals surface area contributed by atoms with Crippen molar-refractivity contribution in [2.75, 3.05) is 0 Å². The molecule has 0 aliphatic carbocycles. The monoisotopic (exact) mass is 200 g/mol. The summed E-state index contributed by atoms with van der Waals surface area (Å²) in [6.07, 6.45) is 0.